The van der Waals surface area contributed by atoms with Gasteiger partial charge < -0.3 is 0 Å². The molecule has 0 fully saturated rings. The van der Waals surface area contributed by atoms with Crippen LogP contribution in [0, 0.1) is 5.41 Å². The second-order valence-corrected chi connectivity index (χ2v) is 3.96. The van der Waals surface area contributed by atoms with E-state index in [4.69, 9.17) is 0 Å². The second kappa shape index (κ2) is 3.67. The van der Waals surface area contributed by atoms with E-state index in [1.807, 2.05) is 0 Å². The van der Waals surface area contributed by atoms with Crippen LogP contribution < -0.4 is 3.53 Å². The lowest BCUT2D eigenvalue weighted by Crippen LogP contribution is -2.12. The number of halogens is 1. The Kier molecular flexibility index (Phi) is 3.98. The van der Waals surface area contributed by atoms with E-state index < -0.39 is 0 Å². The summed E-state index contributed by atoms with van der Waals surface area (Å²) < 4.78 is 3.09. The summed E-state index contributed by atoms with van der Waals surface area (Å²) in [6.45, 7) is 7.87. The fourth-order valence-electron chi connectivity index (χ4n) is 0.422. The molecule has 0 rings (SSSR count). The minimum atomic E-state index is 0.484. The highest BCUT2D eigenvalue weighted by atomic mass is 127. The van der Waals surface area contributed by atoms with Gasteiger partial charge in [-0.05, 0) is 11.8 Å². The third-order valence-corrected chi connectivity index (χ3v) is 1.51. The molecule has 0 aliphatic heterocycles. The van der Waals surface area contributed by atoms with E-state index in [1.165, 1.54) is 6.42 Å². The van der Waals surface area contributed by atoms with Gasteiger partial charge in [0.1, 0.15) is 0 Å². The van der Waals surface area contributed by atoms with Crippen LogP contribution in [-0.2, 0) is 0 Å². The Morgan fingerprint density at radius 2 is 1.88 bits per heavy atom. The van der Waals surface area contributed by atoms with Crippen molar-refractivity contribution in [1.82, 2.24) is 3.53 Å². The highest BCUT2D eigenvalue weighted by molar-refractivity contribution is 14.1. The highest BCUT2D eigenvalue weighted by Crippen LogP contribution is 2.16. The molecule has 0 saturated heterocycles. The lowest BCUT2D eigenvalue weighted by molar-refractivity contribution is 0.382. The van der Waals surface area contributed by atoms with Crippen molar-refractivity contribution in [3.8, 4) is 0 Å². The van der Waals surface area contributed by atoms with Crippen LogP contribution in [0.2, 0.25) is 0 Å². The molecule has 0 amide bonds. The summed E-state index contributed by atoms with van der Waals surface area (Å²) in [7, 11) is 0. The van der Waals surface area contributed by atoms with E-state index >= 15 is 0 Å². The molecule has 0 spiro atoms. The Morgan fingerprint density at radius 3 is 2.00 bits per heavy atom. The van der Waals surface area contributed by atoms with Gasteiger partial charge in [0.25, 0.3) is 0 Å². The van der Waals surface area contributed by atoms with Crippen LogP contribution in [0.25, 0.3) is 0 Å². The monoisotopic (exact) mass is 227 g/mol. The van der Waals surface area contributed by atoms with Crippen molar-refractivity contribution < 1.29 is 0 Å². The lowest BCUT2D eigenvalue weighted by Gasteiger charge is -2.16. The standard InChI is InChI=1S/C6H14IN/c1-6(2,3)4-5-8-7/h8H,4-5H2,1-3H3. The number of hydrogen-bond acceptors (Lipinski definition) is 1. The highest BCUT2D eigenvalue weighted by Gasteiger charge is 2.07. The summed E-state index contributed by atoms with van der Waals surface area (Å²) >= 11 is 2.18. The van der Waals surface area contributed by atoms with Crippen LogP contribution >= 0.6 is 22.9 Å². The van der Waals surface area contributed by atoms with Crippen molar-refractivity contribution in [3.63, 3.8) is 0 Å². The average molecular weight is 227 g/mol. The predicted octanol–water partition coefficient (Wildman–Crippen LogP) is 2.36. The normalized spacial score (nSPS) is 12.0. The maximum absolute atomic E-state index is 3.09. The van der Waals surface area contributed by atoms with Gasteiger partial charge in [-0.25, -0.2) is 0 Å². The predicted molar refractivity (Wildman–Crippen MR) is 46.1 cm³/mol. The van der Waals surface area contributed by atoms with E-state index in [0.717, 1.165) is 6.54 Å². The Bertz CT molecular complexity index is 56.0. The third-order valence-electron chi connectivity index (χ3n) is 0.969. The molecule has 0 heterocycles. The molecule has 0 atom stereocenters. The molecule has 0 bridgehead atoms. The number of nitrogens with one attached hydrogen (secondary N) is 1. The van der Waals surface area contributed by atoms with Gasteiger partial charge in [-0.2, -0.15) is 0 Å². The van der Waals surface area contributed by atoms with Crippen molar-refractivity contribution in [3.05, 3.63) is 0 Å². The molecule has 0 unspecified atom stereocenters. The van der Waals surface area contributed by atoms with Crippen LogP contribution in [-0.4, -0.2) is 6.54 Å². The van der Waals surface area contributed by atoms with Crippen molar-refractivity contribution >= 4 is 22.9 Å². The van der Waals surface area contributed by atoms with Crippen molar-refractivity contribution in [2.45, 2.75) is 27.2 Å². The first-order valence-corrected chi connectivity index (χ1v) is 3.97. The smallest absolute Gasteiger partial charge is 0.0169 e. The van der Waals surface area contributed by atoms with Crippen molar-refractivity contribution in [1.29, 1.82) is 0 Å². The molecule has 50 valence electrons. The van der Waals surface area contributed by atoms with Crippen LogP contribution in [0.3, 0.4) is 0 Å². The van der Waals surface area contributed by atoms with E-state index in [9.17, 15) is 0 Å². The molecule has 0 saturated carbocycles. The lowest BCUT2D eigenvalue weighted by atomic mass is 9.93. The maximum atomic E-state index is 3.09. The van der Waals surface area contributed by atoms with Crippen LogP contribution in [0.1, 0.15) is 27.2 Å². The summed E-state index contributed by atoms with van der Waals surface area (Å²) in [4.78, 5) is 0. The first-order valence-electron chi connectivity index (χ1n) is 2.90. The zero-order chi connectivity index (χ0) is 6.62. The number of rotatable bonds is 2. The maximum Gasteiger partial charge on any atom is 0.0169 e. The molecular weight excluding hydrogens is 213 g/mol. The minimum Gasteiger partial charge on any atom is -0.261 e. The van der Waals surface area contributed by atoms with Crippen LogP contribution in [0.4, 0.5) is 0 Å². The topological polar surface area (TPSA) is 12.0 Å². The molecule has 0 aromatic heterocycles. The molecule has 8 heavy (non-hydrogen) atoms. The molecular formula is C6H14IN. The van der Waals surface area contributed by atoms with E-state index in [-0.39, 0.29) is 0 Å². The molecule has 1 nitrogen and oxygen atoms in total. The fraction of sp³-hybridized carbons (Fsp3) is 1.00. The largest absolute Gasteiger partial charge is 0.261 e. The quantitative estimate of drug-likeness (QED) is 0.564. The molecule has 0 aromatic carbocycles. The molecule has 0 aliphatic carbocycles. The first-order chi connectivity index (χ1) is 3.56. The van der Waals surface area contributed by atoms with Gasteiger partial charge in [0.15, 0.2) is 0 Å². The second-order valence-electron chi connectivity index (χ2n) is 3.19. The summed E-state index contributed by atoms with van der Waals surface area (Å²) in [5.41, 5.74) is 0.484. The van der Waals surface area contributed by atoms with Gasteiger partial charge in [0.2, 0.25) is 0 Å². The molecule has 2 heteroatoms. The molecule has 0 aliphatic rings. The summed E-state index contributed by atoms with van der Waals surface area (Å²) in [6, 6.07) is 0. The molecule has 0 radical (unpaired) electrons. The SMILES string of the molecule is CC(C)(C)CCNI. The Labute approximate surface area is 65.7 Å². The van der Waals surface area contributed by atoms with Gasteiger partial charge in [-0.15, -0.1) is 0 Å². The Balaban J connectivity index is 3.11. The van der Waals surface area contributed by atoms with Gasteiger partial charge in [0, 0.05) is 29.4 Å². The van der Waals surface area contributed by atoms with Crippen LogP contribution in [0.15, 0.2) is 0 Å². The first kappa shape index (κ1) is 8.69. The average Bonchev–Trinajstić information content (AvgIpc) is 1.59. The van der Waals surface area contributed by atoms with Crippen molar-refractivity contribution in [2.75, 3.05) is 6.54 Å². The van der Waals surface area contributed by atoms with E-state index in [2.05, 4.69) is 47.2 Å². The van der Waals surface area contributed by atoms with Crippen molar-refractivity contribution in [2.24, 2.45) is 5.41 Å². The summed E-state index contributed by atoms with van der Waals surface area (Å²) in [5, 5.41) is 0. The number of hydrogen-bond donors (Lipinski definition) is 1. The summed E-state index contributed by atoms with van der Waals surface area (Å²) in [5.74, 6) is 0. The van der Waals surface area contributed by atoms with Gasteiger partial charge in [-0.1, -0.05) is 20.8 Å². The van der Waals surface area contributed by atoms with E-state index in [0.29, 0.717) is 5.41 Å². The van der Waals surface area contributed by atoms with Crippen LogP contribution in [0.5, 0.6) is 0 Å². The zero-order valence-electron chi connectivity index (χ0n) is 5.79. The van der Waals surface area contributed by atoms with E-state index in [1.54, 1.807) is 0 Å². The Morgan fingerprint density at radius 1 is 1.38 bits per heavy atom. The Hall–Kier alpha value is 0.690. The van der Waals surface area contributed by atoms with Gasteiger partial charge in [-0.3, -0.25) is 3.53 Å². The molecule has 1 N–H and O–H groups in total. The third kappa shape index (κ3) is 6.69. The zero-order valence-corrected chi connectivity index (χ0v) is 7.95. The van der Waals surface area contributed by atoms with Gasteiger partial charge in [0.05, 0.1) is 0 Å². The fourth-order valence-corrected chi connectivity index (χ4v) is 0.692. The summed E-state index contributed by atoms with van der Waals surface area (Å²) in [6.07, 6.45) is 1.25. The minimum absolute atomic E-state index is 0.484. The molecule has 0 aromatic rings. The van der Waals surface area contributed by atoms with Gasteiger partial charge >= 0.3 is 0 Å².